The summed E-state index contributed by atoms with van der Waals surface area (Å²) in [7, 11) is 6.59. The Bertz CT molecular complexity index is 2520. The fourth-order valence-corrected chi connectivity index (χ4v) is 12.4. The van der Waals surface area contributed by atoms with Crippen molar-refractivity contribution < 1.29 is 87.4 Å². The Balaban J connectivity index is 1.18. The van der Waals surface area contributed by atoms with E-state index >= 15 is 0 Å². The number of aliphatic hydroxyl groups is 4. The Kier molecular flexibility index (Phi) is 22.2. The minimum atomic E-state index is -2.01. The number of pyridine rings is 1. The van der Waals surface area contributed by atoms with Crippen molar-refractivity contribution in [2.45, 2.75) is 205 Å². The average molecular weight is 1140 g/mol. The summed E-state index contributed by atoms with van der Waals surface area (Å²) in [4.78, 5) is 60.1. The van der Waals surface area contributed by atoms with Crippen molar-refractivity contribution in [1.29, 1.82) is 0 Å². The number of carbonyl (C=O) groups excluding carboxylic acids is 2. The Labute approximate surface area is 469 Å². The van der Waals surface area contributed by atoms with E-state index in [4.69, 9.17) is 47.5 Å². The lowest BCUT2D eigenvalue weighted by Crippen LogP contribution is -2.61. The van der Waals surface area contributed by atoms with Gasteiger partial charge in [-0.1, -0.05) is 38.9 Å². The highest BCUT2D eigenvalue weighted by Gasteiger charge is 2.54. The largest absolute Gasteiger partial charge is 0.477 e. The van der Waals surface area contributed by atoms with Crippen molar-refractivity contribution in [1.82, 2.24) is 14.8 Å². The maximum absolute atomic E-state index is 14.6. The van der Waals surface area contributed by atoms with E-state index in [2.05, 4.69) is 16.5 Å². The van der Waals surface area contributed by atoms with Gasteiger partial charge in [-0.3, -0.25) is 9.59 Å². The number of carboxylic acid groups (broad SMARTS) is 1. The summed E-state index contributed by atoms with van der Waals surface area (Å²) in [5.74, 6) is -5.68. The third-order valence-electron chi connectivity index (χ3n) is 16.8. The summed E-state index contributed by atoms with van der Waals surface area (Å²) < 4.78 is 57.4. The number of aryl methyl sites for hydroxylation is 3. The summed E-state index contributed by atoms with van der Waals surface area (Å²) in [6, 6.07) is 3.44. The SMILES string of the molecule is CC[C@H]1OC(=O)[C@H](C)[C@@H](O[C@H]2C[C@@](C)(OC)[C@@H](OC(=O)NCCOCCCc3cc4c5c(c3)c(=O)c(C(=O)O)cn5CC4)[C@H](C)O2)[C@H](C)[C@@H](O[C@H]2O[C@@H](C)C[C@@H](N(C)C)[C@@H]2O)[C@](C)(O)C[C@@H](C)/C(=N\OCOC)[C@H](C)[C@@H](O)[C@]1(C)O. The molecule has 1 aromatic heterocycles. The van der Waals surface area contributed by atoms with Gasteiger partial charge in [0.05, 0.1) is 59.9 Å². The molecule has 23 heteroatoms. The number of carbonyl (C=O) groups is 3. The van der Waals surface area contributed by atoms with Crippen LogP contribution in [0.3, 0.4) is 0 Å². The molecule has 6 rings (SSSR count). The number of nitrogens with one attached hydrogen (secondary N) is 1. The van der Waals surface area contributed by atoms with E-state index in [-0.39, 0.29) is 62.6 Å². The lowest BCUT2D eigenvalue weighted by atomic mass is 9.73. The molecule has 3 fully saturated rings. The van der Waals surface area contributed by atoms with Crippen molar-refractivity contribution in [3.63, 3.8) is 0 Å². The third kappa shape index (κ3) is 14.7. The first kappa shape index (κ1) is 64.8. The van der Waals surface area contributed by atoms with Crippen LogP contribution < -0.4 is 10.7 Å². The Morgan fingerprint density at radius 3 is 2.31 bits per heavy atom. The predicted octanol–water partition coefficient (Wildman–Crippen LogP) is 4.15. The first-order chi connectivity index (χ1) is 37.6. The standard InChI is InChI=1S/C57H90N4O19/c1-15-41-57(10,70)48(64)32(4)43(59-74-29-71-13)30(2)26-55(8,69)49(79-53-46(63)40(60(11)12)23-31(3)75-53)33(5)47(34(6)52(67)77-41)78-42-27-56(9,72-14)50(35(7)76-42)80-54(68)58-19-22-73-21-16-17-36-24-37-18-20-61-28-39(51(65)66)45(62)38(25-36)44(37)61/h24-25,28,30-35,40-42,46-50,53,63-64,69-70H,15-23,26-27,29H2,1-14H3,(H,58,68)(H,65,66)/b59-43+/t30-,31+,32+,33+,34-,35+,40-,41-,42+,46+,47+,48-,49-,50+,53-,55-,56-,57-/m1/s1. The number of carboxylic acids is 1. The summed E-state index contributed by atoms with van der Waals surface area (Å²) in [6.45, 7) is 17.8. The minimum absolute atomic E-state index is 0.0153. The number of esters is 1. The second kappa shape index (κ2) is 27.3. The molecule has 452 valence electrons. The number of methoxy groups -OCH3 is 2. The predicted molar refractivity (Wildman–Crippen MR) is 292 cm³/mol. The molecule has 80 heavy (non-hydrogen) atoms. The van der Waals surface area contributed by atoms with Gasteiger partial charge in [0.1, 0.15) is 29.0 Å². The molecule has 5 heterocycles. The number of ether oxygens (including phenoxy) is 9. The van der Waals surface area contributed by atoms with Crippen LogP contribution in [0, 0.1) is 23.7 Å². The fourth-order valence-electron chi connectivity index (χ4n) is 12.4. The van der Waals surface area contributed by atoms with E-state index in [1.165, 1.54) is 27.3 Å². The van der Waals surface area contributed by atoms with Gasteiger partial charge in [-0.05, 0) is 111 Å². The molecule has 0 unspecified atom stereocenters. The summed E-state index contributed by atoms with van der Waals surface area (Å²) in [5.41, 5.74) is -2.83. The highest BCUT2D eigenvalue weighted by molar-refractivity contribution is 5.94. The quantitative estimate of drug-likeness (QED) is 0.0498. The normalized spacial score (nSPS) is 36.9. The van der Waals surface area contributed by atoms with Gasteiger partial charge in [-0.2, -0.15) is 0 Å². The lowest BCUT2D eigenvalue weighted by Gasteiger charge is -2.49. The van der Waals surface area contributed by atoms with Crippen LogP contribution in [0.2, 0.25) is 0 Å². The van der Waals surface area contributed by atoms with Gasteiger partial charge in [-0.15, -0.1) is 0 Å². The number of oxime groups is 1. The number of hydrogen-bond donors (Lipinski definition) is 6. The molecule has 0 spiro atoms. The lowest BCUT2D eigenvalue weighted by molar-refractivity contribution is -0.317. The summed E-state index contributed by atoms with van der Waals surface area (Å²) >= 11 is 0. The number of hydrogen-bond acceptors (Lipinski definition) is 20. The summed E-state index contributed by atoms with van der Waals surface area (Å²) in [5, 5.41) is 65.8. The van der Waals surface area contributed by atoms with Gasteiger partial charge in [0.25, 0.3) is 0 Å². The molecule has 1 amide bonds. The van der Waals surface area contributed by atoms with Gasteiger partial charge in [0.2, 0.25) is 12.2 Å². The molecule has 0 bridgehead atoms. The Hall–Kier alpha value is -4.37. The molecule has 4 aliphatic rings. The number of cyclic esters (lactones) is 1. The number of aromatic carboxylic acids is 1. The zero-order valence-corrected chi connectivity index (χ0v) is 49.2. The molecule has 0 saturated carbocycles. The molecule has 4 aliphatic heterocycles. The number of amides is 1. The van der Waals surface area contributed by atoms with E-state index < -0.39 is 119 Å². The zero-order chi connectivity index (χ0) is 59.2. The highest BCUT2D eigenvalue weighted by Crippen LogP contribution is 2.42. The van der Waals surface area contributed by atoms with Crippen molar-refractivity contribution >= 4 is 34.6 Å². The number of alkyl carbamates (subject to hydrolysis) is 1. The number of likely N-dealkylation sites (N-methyl/N-ethyl adjacent to an activating group) is 1. The molecule has 23 nitrogen and oxygen atoms in total. The van der Waals surface area contributed by atoms with E-state index in [1.54, 1.807) is 61.5 Å². The topological polar surface area (TPSA) is 294 Å². The fraction of sp³-hybridized carbons (Fsp3) is 0.772. The van der Waals surface area contributed by atoms with Crippen LogP contribution in [-0.4, -0.2) is 198 Å². The second-order valence-corrected chi connectivity index (χ2v) is 23.4. The number of nitrogens with zero attached hydrogens (tertiary/aromatic N) is 3. The first-order valence-corrected chi connectivity index (χ1v) is 28.1. The Morgan fingerprint density at radius 2 is 1.66 bits per heavy atom. The minimum Gasteiger partial charge on any atom is -0.477 e. The van der Waals surface area contributed by atoms with Crippen LogP contribution in [0.4, 0.5) is 4.79 Å². The first-order valence-electron chi connectivity index (χ1n) is 28.1. The number of rotatable bonds is 19. The molecule has 1 aromatic carbocycles. The van der Waals surface area contributed by atoms with Crippen LogP contribution in [0.1, 0.15) is 123 Å². The van der Waals surface area contributed by atoms with Gasteiger partial charge >= 0.3 is 18.0 Å². The van der Waals surface area contributed by atoms with Crippen LogP contribution in [-0.2, 0) is 71.7 Å². The van der Waals surface area contributed by atoms with Crippen LogP contribution in [0.5, 0.6) is 0 Å². The van der Waals surface area contributed by atoms with Crippen LogP contribution >= 0.6 is 0 Å². The molecule has 2 aromatic rings. The average Bonchev–Trinajstić information content (AvgIpc) is 4.02. The van der Waals surface area contributed by atoms with Crippen molar-refractivity contribution in [3.8, 4) is 0 Å². The molecule has 0 aliphatic carbocycles. The van der Waals surface area contributed by atoms with Gasteiger partial charge in [0.15, 0.2) is 18.7 Å². The molecular weight excluding hydrogens is 1040 g/mol. The number of aromatic nitrogens is 1. The van der Waals surface area contributed by atoms with Crippen LogP contribution in [0.15, 0.2) is 28.3 Å². The maximum Gasteiger partial charge on any atom is 0.407 e. The third-order valence-corrected chi connectivity index (χ3v) is 16.8. The van der Waals surface area contributed by atoms with E-state index in [9.17, 15) is 44.7 Å². The number of aliphatic hydroxyl groups excluding tert-OH is 2. The molecule has 3 saturated heterocycles. The highest BCUT2D eigenvalue weighted by atomic mass is 16.7. The van der Waals surface area contributed by atoms with Crippen molar-refractivity contribution in [2.75, 3.05) is 54.9 Å². The molecule has 6 N–H and O–H groups in total. The van der Waals surface area contributed by atoms with E-state index in [0.717, 1.165) is 16.6 Å². The number of benzene rings is 1. The summed E-state index contributed by atoms with van der Waals surface area (Å²) in [6.07, 6.45) is -7.81. The van der Waals surface area contributed by atoms with Gasteiger partial charge in [-0.25, -0.2) is 9.59 Å². The molecule has 0 radical (unpaired) electrons. The van der Waals surface area contributed by atoms with Crippen LogP contribution in [0.25, 0.3) is 10.9 Å². The molecular formula is C57H90N4O19. The van der Waals surface area contributed by atoms with Crippen molar-refractivity contribution in [2.24, 2.45) is 28.8 Å². The molecule has 18 atom stereocenters. The Morgan fingerprint density at radius 1 is 0.950 bits per heavy atom. The smallest absolute Gasteiger partial charge is 0.407 e. The van der Waals surface area contributed by atoms with Gasteiger partial charge < -0.3 is 87.8 Å². The van der Waals surface area contributed by atoms with Gasteiger partial charge in [0, 0.05) is 75.7 Å². The van der Waals surface area contributed by atoms with E-state index in [1.807, 2.05) is 30.5 Å². The maximum atomic E-state index is 14.6. The van der Waals surface area contributed by atoms with Crippen molar-refractivity contribution in [3.05, 3.63) is 45.2 Å². The zero-order valence-electron chi connectivity index (χ0n) is 49.2. The second-order valence-electron chi connectivity index (χ2n) is 23.4. The monoisotopic (exact) mass is 1130 g/mol. The van der Waals surface area contributed by atoms with E-state index in [0.29, 0.717) is 44.2 Å².